The summed E-state index contributed by atoms with van der Waals surface area (Å²) < 4.78 is 47.9. The molecule has 0 saturated carbocycles. The molecule has 7 nitrogen and oxygen atoms in total. The Labute approximate surface area is 210 Å². The van der Waals surface area contributed by atoms with Gasteiger partial charge in [-0.15, -0.1) is 0 Å². The molecule has 1 N–H and O–H groups in total. The van der Waals surface area contributed by atoms with Crippen molar-refractivity contribution in [3.8, 4) is 11.4 Å². The number of aryl methyl sites for hydroxylation is 1. The number of halogens is 3. The van der Waals surface area contributed by atoms with Crippen LogP contribution in [0.2, 0.25) is 0 Å². The number of ether oxygens (including phenoxy) is 1. The minimum Gasteiger partial charge on any atom is -0.489 e. The summed E-state index contributed by atoms with van der Waals surface area (Å²) in [6, 6.07) is 19.4. The topological polar surface area (TPSA) is 86.4 Å². The zero-order valence-electron chi connectivity index (χ0n) is 19.9. The van der Waals surface area contributed by atoms with Crippen molar-refractivity contribution < 1.29 is 27.6 Å². The van der Waals surface area contributed by atoms with Crippen molar-refractivity contribution in [2.75, 3.05) is 5.32 Å². The van der Waals surface area contributed by atoms with Crippen molar-refractivity contribution >= 4 is 17.3 Å². The van der Waals surface area contributed by atoms with Gasteiger partial charge in [-0.3, -0.25) is 14.9 Å². The predicted octanol–water partition coefficient (Wildman–Crippen LogP) is 6.85. The first-order valence-corrected chi connectivity index (χ1v) is 11.2. The van der Waals surface area contributed by atoms with Gasteiger partial charge in [-0.05, 0) is 49.7 Å². The van der Waals surface area contributed by atoms with E-state index in [1.54, 1.807) is 56.3 Å². The second-order valence-electron chi connectivity index (χ2n) is 8.33. The Morgan fingerprint density at radius 2 is 1.73 bits per heavy atom. The van der Waals surface area contributed by atoms with Crippen LogP contribution in [0.5, 0.6) is 5.75 Å². The van der Waals surface area contributed by atoms with Crippen LogP contribution in [0.1, 0.15) is 32.9 Å². The Morgan fingerprint density at radius 1 is 1.00 bits per heavy atom. The second-order valence-corrected chi connectivity index (χ2v) is 8.33. The van der Waals surface area contributed by atoms with Gasteiger partial charge in [-0.25, -0.2) is 0 Å². The van der Waals surface area contributed by atoms with E-state index in [1.807, 2.05) is 0 Å². The Bertz CT molecular complexity index is 1480. The third kappa shape index (κ3) is 5.64. The number of anilines is 1. The lowest BCUT2D eigenvalue weighted by Gasteiger charge is -2.17. The van der Waals surface area contributed by atoms with E-state index < -0.39 is 22.6 Å². The molecule has 10 heteroatoms. The molecule has 0 atom stereocenters. The number of nitrogens with one attached hydrogen (secondary N) is 1. The number of hydrogen-bond acceptors (Lipinski definition) is 4. The molecule has 3 aromatic carbocycles. The van der Waals surface area contributed by atoms with Gasteiger partial charge >= 0.3 is 6.18 Å². The monoisotopic (exact) mass is 509 g/mol. The first-order valence-electron chi connectivity index (χ1n) is 11.2. The SMILES string of the molecule is Cc1cc(C(=O)Nc2cccc(OCc3cccc([N+](=O)[O-])c3)c2)c(C)n1-c1ccccc1C(F)(F)F. The van der Waals surface area contributed by atoms with Gasteiger partial charge < -0.3 is 14.6 Å². The first kappa shape index (κ1) is 25.5. The number of nitro groups is 1. The molecule has 1 heterocycles. The number of nitro benzene ring substituents is 1. The number of carbonyl (C=O) groups excluding carboxylic acids is 1. The fraction of sp³-hybridized carbons (Fsp3) is 0.148. The van der Waals surface area contributed by atoms with Crippen LogP contribution in [0, 0.1) is 24.0 Å². The van der Waals surface area contributed by atoms with Gasteiger partial charge in [0.25, 0.3) is 11.6 Å². The molecule has 4 aromatic rings. The van der Waals surface area contributed by atoms with Crippen LogP contribution in [0.15, 0.2) is 78.9 Å². The molecule has 4 rings (SSSR count). The maximum Gasteiger partial charge on any atom is 0.418 e. The van der Waals surface area contributed by atoms with E-state index >= 15 is 0 Å². The van der Waals surface area contributed by atoms with Gasteiger partial charge in [0.05, 0.1) is 21.7 Å². The Morgan fingerprint density at radius 3 is 2.46 bits per heavy atom. The van der Waals surface area contributed by atoms with Crippen LogP contribution in [0.4, 0.5) is 24.5 Å². The van der Waals surface area contributed by atoms with Crippen molar-refractivity contribution in [1.29, 1.82) is 0 Å². The number of nitrogens with zero attached hydrogens (tertiary/aromatic N) is 2. The molecule has 1 amide bonds. The fourth-order valence-electron chi connectivity index (χ4n) is 4.06. The molecule has 0 fully saturated rings. The number of hydrogen-bond donors (Lipinski definition) is 1. The third-order valence-electron chi connectivity index (χ3n) is 5.74. The molecular weight excluding hydrogens is 487 g/mol. The van der Waals surface area contributed by atoms with E-state index in [1.165, 1.54) is 34.9 Å². The molecule has 0 radical (unpaired) electrons. The number of rotatable bonds is 7. The lowest BCUT2D eigenvalue weighted by atomic mass is 10.1. The Kier molecular flexibility index (Phi) is 7.01. The molecule has 0 aliphatic heterocycles. The highest BCUT2D eigenvalue weighted by Gasteiger charge is 2.34. The average Bonchev–Trinajstić information content (AvgIpc) is 3.16. The highest BCUT2D eigenvalue weighted by Crippen LogP contribution is 2.35. The van der Waals surface area contributed by atoms with Crippen molar-refractivity contribution in [1.82, 2.24) is 4.57 Å². The average molecular weight is 509 g/mol. The van der Waals surface area contributed by atoms with E-state index in [9.17, 15) is 28.1 Å². The molecule has 1 aromatic heterocycles. The van der Waals surface area contributed by atoms with Crippen LogP contribution in [-0.2, 0) is 12.8 Å². The van der Waals surface area contributed by atoms with Gasteiger partial charge in [0.2, 0.25) is 0 Å². The first-order chi connectivity index (χ1) is 17.5. The summed E-state index contributed by atoms with van der Waals surface area (Å²) in [5.41, 5.74) is 1.21. The van der Waals surface area contributed by atoms with Crippen LogP contribution in [0.25, 0.3) is 5.69 Å². The number of alkyl halides is 3. The predicted molar refractivity (Wildman–Crippen MR) is 132 cm³/mol. The molecule has 0 bridgehead atoms. The molecule has 0 spiro atoms. The molecule has 0 aliphatic rings. The van der Waals surface area contributed by atoms with E-state index in [0.29, 0.717) is 28.4 Å². The van der Waals surface area contributed by atoms with Crippen molar-refractivity contribution in [2.24, 2.45) is 0 Å². The number of carbonyl (C=O) groups is 1. The van der Waals surface area contributed by atoms with Gasteiger partial charge in [0.15, 0.2) is 0 Å². The minimum atomic E-state index is -4.55. The van der Waals surface area contributed by atoms with Crippen molar-refractivity contribution in [2.45, 2.75) is 26.6 Å². The number of benzene rings is 3. The number of non-ortho nitro benzene ring substituents is 1. The number of amides is 1. The smallest absolute Gasteiger partial charge is 0.418 e. The van der Waals surface area contributed by atoms with Gasteiger partial charge in [-0.1, -0.05) is 30.3 Å². The molecular formula is C27H22F3N3O4. The van der Waals surface area contributed by atoms with Gasteiger partial charge in [0, 0.05) is 35.3 Å². The van der Waals surface area contributed by atoms with Crippen molar-refractivity contribution in [3.63, 3.8) is 0 Å². The summed E-state index contributed by atoms with van der Waals surface area (Å²) in [5.74, 6) is -0.0615. The molecule has 37 heavy (non-hydrogen) atoms. The lowest BCUT2D eigenvalue weighted by molar-refractivity contribution is -0.384. The standard InChI is InChI=1S/C27H22F3N3O4/c1-17-13-23(18(2)32(17)25-12-4-3-11-24(25)27(28,29)30)26(34)31-20-8-6-10-22(15-20)37-16-19-7-5-9-21(14-19)33(35)36/h3-15H,16H2,1-2H3,(H,31,34). The van der Waals surface area contributed by atoms with Crippen LogP contribution in [0.3, 0.4) is 0 Å². The molecule has 0 saturated heterocycles. The largest absolute Gasteiger partial charge is 0.489 e. The van der Waals surface area contributed by atoms with E-state index in [2.05, 4.69) is 5.32 Å². The quantitative estimate of drug-likeness (QED) is 0.218. The summed E-state index contributed by atoms with van der Waals surface area (Å²) in [4.78, 5) is 23.5. The summed E-state index contributed by atoms with van der Waals surface area (Å²) in [5, 5.41) is 13.7. The molecule has 0 unspecified atom stereocenters. The third-order valence-corrected chi connectivity index (χ3v) is 5.74. The highest BCUT2D eigenvalue weighted by atomic mass is 19.4. The lowest BCUT2D eigenvalue weighted by Crippen LogP contribution is -2.15. The maximum absolute atomic E-state index is 13.6. The number of para-hydroxylation sites is 1. The second kappa shape index (κ2) is 10.2. The zero-order chi connectivity index (χ0) is 26.7. The molecule has 190 valence electrons. The zero-order valence-corrected chi connectivity index (χ0v) is 19.9. The molecule has 0 aliphatic carbocycles. The summed E-state index contributed by atoms with van der Waals surface area (Å²) in [6.07, 6.45) is -4.55. The maximum atomic E-state index is 13.6. The van der Waals surface area contributed by atoms with E-state index in [-0.39, 0.29) is 23.5 Å². The number of aromatic nitrogens is 1. The van der Waals surface area contributed by atoms with Gasteiger partial charge in [0.1, 0.15) is 12.4 Å². The van der Waals surface area contributed by atoms with E-state index in [4.69, 9.17) is 4.74 Å². The minimum absolute atomic E-state index is 0.0439. The van der Waals surface area contributed by atoms with Crippen LogP contribution < -0.4 is 10.1 Å². The van der Waals surface area contributed by atoms with Crippen LogP contribution in [-0.4, -0.2) is 15.4 Å². The fourth-order valence-corrected chi connectivity index (χ4v) is 4.06. The highest BCUT2D eigenvalue weighted by molar-refractivity contribution is 6.05. The normalized spacial score (nSPS) is 11.3. The van der Waals surface area contributed by atoms with Gasteiger partial charge in [-0.2, -0.15) is 13.2 Å². The van der Waals surface area contributed by atoms with Crippen LogP contribution >= 0.6 is 0 Å². The van der Waals surface area contributed by atoms with E-state index in [0.717, 1.165) is 6.07 Å². The van der Waals surface area contributed by atoms with Crippen molar-refractivity contribution in [3.05, 3.63) is 117 Å². The summed E-state index contributed by atoms with van der Waals surface area (Å²) in [6.45, 7) is 3.31. The summed E-state index contributed by atoms with van der Waals surface area (Å²) >= 11 is 0. The summed E-state index contributed by atoms with van der Waals surface area (Å²) in [7, 11) is 0. The Balaban J connectivity index is 1.53. The Hall–Kier alpha value is -4.60.